The van der Waals surface area contributed by atoms with Crippen LogP contribution in [0.5, 0.6) is 0 Å². The molecule has 0 saturated carbocycles. The number of fused-ring (bicyclic) bond motifs is 2. The van der Waals surface area contributed by atoms with Gasteiger partial charge in [0.2, 0.25) is 10.0 Å². The van der Waals surface area contributed by atoms with Crippen LogP contribution in [0, 0.1) is 0 Å². The van der Waals surface area contributed by atoms with Crippen molar-refractivity contribution in [2.45, 2.75) is 63.4 Å². The highest BCUT2D eigenvalue weighted by atomic mass is 32.2. The molecular formula is C22H26N2O3S2. The summed E-state index contributed by atoms with van der Waals surface area (Å²) in [4.78, 5) is 12.3. The molecule has 1 unspecified atom stereocenters. The van der Waals surface area contributed by atoms with Crippen molar-refractivity contribution in [1.29, 1.82) is 0 Å². The standard InChI is InChI=1S/C22H26N2O3S2/c1-3-12-24-20-11-10-19(14-21(20)28-22(24)25)29(26,27)23-15(2)17-9-8-16-6-4-5-7-18(16)13-17/h8-11,13-15,23H,3-7,12H2,1-2H3. The quantitative estimate of drug-likeness (QED) is 0.631. The van der Waals surface area contributed by atoms with Crippen LogP contribution in [0.25, 0.3) is 10.2 Å². The van der Waals surface area contributed by atoms with Crippen LogP contribution in [0.3, 0.4) is 0 Å². The number of thiazole rings is 1. The van der Waals surface area contributed by atoms with E-state index >= 15 is 0 Å². The molecule has 1 atom stereocenters. The van der Waals surface area contributed by atoms with Crippen LogP contribution >= 0.6 is 11.3 Å². The zero-order chi connectivity index (χ0) is 20.6. The van der Waals surface area contributed by atoms with E-state index in [4.69, 9.17) is 0 Å². The third-order valence-corrected chi connectivity index (χ3v) is 8.08. The number of rotatable bonds is 6. The van der Waals surface area contributed by atoms with Gasteiger partial charge in [-0.15, -0.1) is 0 Å². The highest BCUT2D eigenvalue weighted by Gasteiger charge is 2.21. The molecular weight excluding hydrogens is 404 g/mol. The van der Waals surface area contributed by atoms with Gasteiger partial charge in [0.15, 0.2) is 0 Å². The Morgan fingerprint density at radius 2 is 1.86 bits per heavy atom. The van der Waals surface area contributed by atoms with Crippen molar-refractivity contribution < 1.29 is 8.42 Å². The second kappa shape index (κ2) is 8.05. The Balaban J connectivity index is 1.60. The largest absolute Gasteiger partial charge is 0.308 e. The molecule has 0 bridgehead atoms. The van der Waals surface area contributed by atoms with Gasteiger partial charge in [0.1, 0.15) is 0 Å². The Hall–Kier alpha value is -1.96. The van der Waals surface area contributed by atoms with Crippen LogP contribution in [-0.4, -0.2) is 13.0 Å². The van der Waals surface area contributed by atoms with Gasteiger partial charge in [-0.1, -0.05) is 36.5 Å². The van der Waals surface area contributed by atoms with E-state index in [2.05, 4.69) is 16.9 Å². The smallest absolute Gasteiger partial charge is 0.299 e. The molecule has 5 nitrogen and oxygen atoms in total. The number of aromatic nitrogens is 1. The first-order chi connectivity index (χ1) is 13.9. The van der Waals surface area contributed by atoms with Crippen molar-refractivity contribution in [2.24, 2.45) is 0 Å². The van der Waals surface area contributed by atoms with E-state index in [-0.39, 0.29) is 15.8 Å². The average molecular weight is 431 g/mol. The number of sulfonamides is 1. The summed E-state index contributed by atoms with van der Waals surface area (Å²) >= 11 is 1.09. The Kier molecular flexibility index (Phi) is 5.64. The van der Waals surface area contributed by atoms with Gasteiger partial charge in [0, 0.05) is 12.6 Å². The summed E-state index contributed by atoms with van der Waals surface area (Å²) < 4.78 is 31.2. The number of nitrogens with one attached hydrogen (secondary N) is 1. The average Bonchev–Trinajstić information content (AvgIpc) is 3.02. The van der Waals surface area contributed by atoms with Crippen LogP contribution in [-0.2, 0) is 29.4 Å². The molecule has 0 saturated heterocycles. The van der Waals surface area contributed by atoms with Crippen LogP contribution in [0.2, 0.25) is 0 Å². The molecule has 0 aliphatic heterocycles. The maximum atomic E-state index is 13.0. The lowest BCUT2D eigenvalue weighted by Gasteiger charge is -2.20. The predicted octanol–water partition coefficient (Wildman–Crippen LogP) is 4.39. The summed E-state index contributed by atoms with van der Waals surface area (Å²) in [7, 11) is -3.69. The number of hydrogen-bond donors (Lipinski definition) is 1. The molecule has 0 radical (unpaired) electrons. The summed E-state index contributed by atoms with van der Waals surface area (Å²) in [6, 6.07) is 10.9. The molecule has 1 heterocycles. The summed E-state index contributed by atoms with van der Waals surface area (Å²) in [6.07, 6.45) is 5.44. The normalized spacial score (nSPS) is 15.4. The van der Waals surface area contributed by atoms with Crippen LogP contribution in [0.1, 0.15) is 55.8 Å². The summed E-state index contributed by atoms with van der Waals surface area (Å²) in [5.74, 6) is 0. The predicted molar refractivity (Wildman–Crippen MR) is 118 cm³/mol. The summed E-state index contributed by atoms with van der Waals surface area (Å²) in [5.41, 5.74) is 4.49. The molecule has 2 aromatic carbocycles. The monoisotopic (exact) mass is 430 g/mol. The first kappa shape index (κ1) is 20.3. The molecule has 3 aromatic rings. The van der Waals surface area contributed by atoms with E-state index in [0.717, 1.165) is 41.7 Å². The summed E-state index contributed by atoms with van der Waals surface area (Å²) in [5, 5.41) is 0. The van der Waals surface area contributed by atoms with Gasteiger partial charge in [0.25, 0.3) is 0 Å². The fraction of sp³-hybridized carbons (Fsp3) is 0.409. The molecule has 29 heavy (non-hydrogen) atoms. The number of hydrogen-bond acceptors (Lipinski definition) is 4. The van der Waals surface area contributed by atoms with E-state index in [1.54, 1.807) is 22.8 Å². The van der Waals surface area contributed by atoms with Crippen LogP contribution in [0.4, 0.5) is 0 Å². The van der Waals surface area contributed by atoms with Crippen molar-refractivity contribution in [3.63, 3.8) is 0 Å². The Morgan fingerprint density at radius 1 is 1.10 bits per heavy atom. The van der Waals surface area contributed by atoms with E-state index in [9.17, 15) is 13.2 Å². The van der Waals surface area contributed by atoms with Crippen molar-refractivity contribution in [3.8, 4) is 0 Å². The van der Waals surface area contributed by atoms with Gasteiger partial charge in [-0.2, -0.15) is 0 Å². The Bertz CT molecular complexity index is 1210. The van der Waals surface area contributed by atoms with Gasteiger partial charge >= 0.3 is 4.87 Å². The number of aryl methyl sites for hydroxylation is 3. The fourth-order valence-corrected chi connectivity index (χ4v) is 6.33. The number of nitrogens with zero attached hydrogens (tertiary/aromatic N) is 1. The van der Waals surface area contributed by atoms with Crippen molar-refractivity contribution in [1.82, 2.24) is 9.29 Å². The molecule has 154 valence electrons. The van der Waals surface area contributed by atoms with E-state index < -0.39 is 10.0 Å². The van der Waals surface area contributed by atoms with Gasteiger partial charge < -0.3 is 0 Å². The second-order valence-electron chi connectivity index (χ2n) is 7.73. The van der Waals surface area contributed by atoms with E-state index in [1.165, 1.54) is 24.0 Å². The van der Waals surface area contributed by atoms with Gasteiger partial charge in [-0.3, -0.25) is 9.36 Å². The topological polar surface area (TPSA) is 68.2 Å². The second-order valence-corrected chi connectivity index (χ2v) is 10.4. The first-order valence-corrected chi connectivity index (χ1v) is 12.5. The SMILES string of the molecule is CCCn1c(=O)sc2cc(S(=O)(=O)NC(C)c3ccc4c(c3)CCCC4)ccc21. The lowest BCUT2D eigenvalue weighted by atomic mass is 9.89. The molecule has 0 fully saturated rings. The number of benzene rings is 2. The first-order valence-electron chi connectivity index (χ1n) is 10.2. The molecule has 1 aromatic heterocycles. The molecule has 7 heteroatoms. The Morgan fingerprint density at radius 3 is 2.62 bits per heavy atom. The molecule has 0 spiro atoms. The van der Waals surface area contributed by atoms with E-state index in [1.807, 2.05) is 19.9 Å². The van der Waals surface area contributed by atoms with Crippen molar-refractivity contribution in [2.75, 3.05) is 0 Å². The lowest BCUT2D eigenvalue weighted by molar-refractivity contribution is 0.566. The van der Waals surface area contributed by atoms with Crippen molar-refractivity contribution in [3.05, 3.63) is 62.8 Å². The Labute approximate surface area is 175 Å². The highest BCUT2D eigenvalue weighted by molar-refractivity contribution is 7.89. The third-order valence-electron chi connectivity index (χ3n) is 5.60. The fourth-order valence-electron chi connectivity index (χ4n) is 4.04. The minimum absolute atomic E-state index is 0.0493. The van der Waals surface area contributed by atoms with Gasteiger partial charge in [0.05, 0.1) is 15.1 Å². The zero-order valence-electron chi connectivity index (χ0n) is 16.8. The van der Waals surface area contributed by atoms with Gasteiger partial charge in [-0.25, -0.2) is 13.1 Å². The molecule has 1 N–H and O–H groups in total. The zero-order valence-corrected chi connectivity index (χ0v) is 18.4. The molecule has 1 aliphatic rings. The van der Waals surface area contributed by atoms with Crippen LogP contribution < -0.4 is 9.60 Å². The third kappa shape index (κ3) is 4.04. The maximum Gasteiger partial charge on any atom is 0.308 e. The lowest BCUT2D eigenvalue weighted by Crippen LogP contribution is -2.27. The van der Waals surface area contributed by atoms with Crippen molar-refractivity contribution >= 4 is 31.6 Å². The van der Waals surface area contributed by atoms with Crippen LogP contribution in [0.15, 0.2) is 46.1 Å². The van der Waals surface area contributed by atoms with Gasteiger partial charge in [-0.05, 0) is 73.9 Å². The minimum atomic E-state index is -3.69. The highest BCUT2D eigenvalue weighted by Crippen LogP contribution is 2.27. The molecule has 4 rings (SSSR count). The molecule has 0 amide bonds. The maximum absolute atomic E-state index is 13.0. The van der Waals surface area contributed by atoms with E-state index in [0.29, 0.717) is 11.2 Å². The molecule has 1 aliphatic carbocycles. The minimum Gasteiger partial charge on any atom is -0.299 e. The summed E-state index contributed by atoms with van der Waals surface area (Å²) in [6.45, 7) is 4.52.